The zero-order valence-corrected chi connectivity index (χ0v) is 17.5. The Morgan fingerprint density at radius 1 is 0.769 bits per heavy atom. The number of hydrogen-bond acceptors (Lipinski definition) is 2. The topological polar surface area (TPSA) is 49.3 Å². The maximum absolute atomic E-state index is 11.1. The van der Waals surface area contributed by atoms with Gasteiger partial charge in [0.25, 0.3) is 0 Å². The van der Waals surface area contributed by atoms with E-state index >= 15 is 0 Å². The second kappa shape index (κ2) is 15.5. The van der Waals surface area contributed by atoms with Crippen molar-refractivity contribution in [1.82, 2.24) is 5.32 Å². The van der Waals surface area contributed by atoms with Gasteiger partial charge in [-0.3, -0.25) is 4.79 Å². The summed E-state index contributed by atoms with van der Waals surface area (Å²) in [4.78, 5) is 11.1. The molecule has 0 aromatic carbocycles. The van der Waals surface area contributed by atoms with Gasteiger partial charge in [-0.15, -0.1) is 0 Å². The Labute approximate surface area is 162 Å². The van der Waals surface area contributed by atoms with E-state index in [0.29, 0.717) is 6.42 Å². The molecule has 0 atom stereocenters. The predicted octanol–water partition coefficient (Wildman–Crippen LogP) is 6.84. The Morgan fingerprint density at radius 3 is 1.62 bits per heavy atom. The van der Waals surface area contributed by atoms with Crippen LogP contribution in [0.3, 0.4) is 0 Å². The highest BCUT2D eigenvalue weighted by Gasteiger charge is 2.35. The Kier molecular flexibility index (Phi) is 14.0. The van der Waals surface area contributed by atoms with Crippen LogP contribution in [0.2, 0.25) is 0 Å². The van der Waals surface area contributed by atoms with E-state index in [4.69, 9.17) is 5.11 Å². The van der Waals surface area contributed by atoms with E-state index in [2.05, 4.69) is 12.2 Å². The van der Waals surface area contributed by atoms with Gasteiger partial charge < -0.3 is 10.4 Å². The summed E-state index contributed by atoms with van der Waals surface area (Å²) in [5.41, 5.74) is -0.0949. The van der Waals surface area contributed by atoms with E-state index in [-0.39, 0.29) is 5.54 Å². The molecule has 0 aliphatic heterocycles. The molecule has 1 fully saturated rings. The van der Waals surface area contributed by atoms with Crippen molar-refractivity contribution in [2.24, 2.45) is 0 Å². The number of hydrogen-bond donors (Lipinski definition) is 2. The van der Waals surface area contributed by atoms with Crippen LogP contribution in [0, 0.1) is 0 Å². The Morgan fingerprint density at radius 2 is 1.19 bits per heavy atom. The third kappa shape index (κ3) is 11.9. The molecule has 26 heavy (non-hydrogen) atoms. The molecular formula is C23H45NO2. The smallest absolute Gasteiger partial charge is 0.305 e. The largest absolute Gasteiger partial charge is 0.481 e. The fourth-order valence-electron chi connectivity index (χ4n) is 4.43. The van der Waals surface area contributed by atoms with Crippen LogP contribution in [0.15, 0.2) is 0 Å². The van der Waals surface area contributed by atoms with Crippen LogP contribution in [-0.2, 0) is 4.79 Å². The van der Waals surface area contributed by atoms with Gasteiger partial charge in [-0.1, -0.05) is 103 Å². The van der Waals surface area contributed by atoms with Gasteiger partial charge in [0, 0.05) is 5.54 Å². The second-order valence-corrected chi connectivity index (χ2v) is 8.58. The van der Waals surface area contributed by atoms with Gasteiger partial charge in [0.05, 0.1) is 6.42 Å². The predicted molar refractivity (Wildman–Crippen MR) is 112 cm³/mol. The Bertz CT molecular complexity index is 337. The summed E-state index contributed by atoms with van der Waals surface area (Å²) in [6.45, 7) is 3.27. The first-order valence-electron chi connectivity index (χ1n) is 11.7. The second-order valence-electron chi connectivity index (χ2n) is 8.58. The number of carbonyl (C=O) groups is 1. The molecule has 0 saturated heterocycles. The summed E-state index contributed by atoms with van der Waals surface area (Å²) < 4.78 is 0. The van der Waals surface area contributed by atoms with E-state index in [0.717, 1.165) is 19.4 Å². The molecule has 0 heterocycles. The summed E-state index contributed by atoms with van der Waals surface area (Å²) in [6.07, 6.45) is 24.1. The molecule has 1 aliphatic carbocycles. The van der Waals surface area contributed by atoms with Gasteiger partial charge in [-0.25, -0.2) is 0 Å². The maximum Gasteiger partial charge on any atom is 0.305 e. The summed E-state index contributed by atoms with van der Waals surface area (Å²) >= 11 is 0. The van der Waals surface area contributed by atoms with Gasteiger partial charge in [0.2, 0.25) is 0 Å². The fourth-order valence-corrected chi connectivity index (χ4v) is 4.43. The van der Waals surface area contributed by atoms with Crippen molar-refractivity contribution >= 4 is 5.97 Å². The van der Waals surface area contributed by atoms with Crippen LogP contribution in [0.5, 0.6) is 0 Å². The van der Waals surface area contributed by atoms with Gasteiger partial charge in [0.15, 0.2) is 0 Å². The number of unbranched alkanes of at least 4 members (excludes halogenated alkanes) is 13. The highest BCUT2D eigenvalue weighted by molar-refractivity contribution is 5.68. The van der Waals surface area contributed by atoms with Crippen LogP contribution in [-0.4, -0.2) is 23.2 Å². The standard InChI is InChI=1S/C23H45NO2/c1-2-3-4-5-6-7-8-9-10-11-12-13-14-17-20-24-23(21-22(25)26)18-15-16-19-23/h24H,2-21H2,1H3,(H,25,26). The molecule has 3 heteroatoms. The zero-order chi connectivity index (χ0) is 18.9. The third-order valence-electron chi connectivity index (χ3n) is 6.08. The van der Waals surface area contributed by atoms with E-state index in [9.17, 15) is 4.79 Å². The summed E-state index contributed by atoms with van der Waals surface area (Å²) in [7, 11) is 0. The van der Waals surface area contributed by atoms with Gasteiger partial charge in [-0.05, 0) is 25.8 Å². The van der Waals surface area contributed by atoms with E-state index < -0.39 is 5.97 Å². The summed E-state index contributed by atoms with van der Waals surface area (Å²) in [6, 6.07) is 0. The SMILES string of the molecule is CCCCCCCCCCCCCCCCNC1(CC(=O)O)CCCC1. The monoisotopic (exact) mass is 367 g/mol. The molecule has 1 saturated carbocycles. The lowest BCUT2D eigenvalue weighted by Gasteiger charge is -2.28. The normalized spacial score (nSPS) is 16.2. The lowest BCUT2D eigenvalue weighted by molar-refractivity contribution is -0.138. The summed E-state index contributed by atoms with van der Waals surface area (Å²) in [5, 5.41) is 12.7. The van der Waals surface area contributed by atoms with Crippen molar-refractivity contribution < 1.29 is 9.90 Å². The minimum absolute atomic E-state index is 0.0949. The first-order chi connectivity index (χ1) is 12.7. The molecule has 0 aromatic rings. The number of carboxylic acid groups (broad SMARTS) is 1. The minimum atomic E-state index is -0.652. The van der Waals surface area contributed by atoms with Crippen LogP contribution in [0.1, 0.15) is 129 Å². The number of rotatable bonds is 18. The fraction of sp³-hybridized carbons (Fsp3) is 0.957. The molecule has 0 amide bonds. The molecule has 0 bridgehead atoms. The molecule has 0 radical (unpaired) electrons. The third-order valence-corrected chi connectivity index (χ3v) is 6.08. The van der Waals surface area contributed by atoms with Crippen LogP contribution >= 0.6 is 0 Å². The van der Waals surface area contributed by atoms with E-state index in [1.807, 2.05) is 0 Å². The molecule has 0 spiro atoms. The minimum Gasteiger partial charge on any atom is -0.481 e. The number of nitrogens with one attached hydrogen (secondary N) is 1. The molecule has 1 aliphatic rings. The first-order valence-corrected chi connectivity index (χ1v) is 11.7. The molecule has 1 rings (SSSR count). The molecule has 0 unspecified atom stereocenters. The van der Waals surface area contributed by atoms with Crippen molar-refractivity contribution in [2.45, 2.75) is 134 Å². The molecular weight excluding hydrogens is 322 g/mol. The van der Waals surface area contributed by atoms with E-state index in [1.165, 1.54) is 103 Å². The van der Waals surface area contributed by atoms with Crippen LogP contribution in [0.4, 0.5) is 0 Å². The lowest BCUT2D eigenvalue weighted by atomic mass is 9.93. The zero-order valence-electron chi connectivity index (χ0n) is 17.5. The average molecular weight is 368 g/mol. The van der Waals surface area contributed by atoms with Gasteiger partial charge >= 0.3 is 5.97 Å². The number of carboxylic acids is 1. The highest BCUT2D eigenvalue weighted by atomic mass is 16.4. The van der Waals surface area contributed by atoms with Crippen molar-refractivity contribution in [3.63, 3.8) is 0 Å². The maximum atomic E-state index is 11.1. The van der Waals surface area contributed by atoms with Crippen LogP contribution < -0.4 is 5.32 Å². The molecule has 154 valence electrons. The highest BCUT2D eigenvalue weighted by Crippen LogP contribution is 2.32. The lowest BCUT2D eigenvalue weighted by Crippen LogP contribution is -2.44. The Hall–Kier alpha value is -0.570. The quantitative estimate of drug-likeness (QED) is 0.261. The first kappa shape index (κ1) is 23.5. The van der Waals surface area contributed by atoms with Gasteiger partial charge in [-0.2, -0.15) is 0 Å². The van der Waals surface area contributed by atoms with Crippen molar-refractivity contribution in [3.8, 4) is 0 Å². The van der Waals surface area contributed by atoms with Crippen molar-refractivity contribution in [2.75, 3.05) is 6.54 Å². The van der Waals surface area contributed by atoms with E-state index in [1.54, 1.807) is 0 Å². The van der Waals surface area contributed by atoms with Crippen molar-refractivity contribution in [1.29, 1.82) is 0 Å². The molecule has 0 aromatic heterocycles. The number of aliphatic carboxylic acids is 1. The average Bonchev–Trinajstić information content (AvgIpc) is 3.06. The summed E-state index contributed by atoms with van der Waals surface area (Å²) in [5.74, 6) is -0.652. The molecule has 2 N–H and O–H groups in total. The van der Waals surface area contributed by atoms with Crippen LogP contribution in [0.25, 0.3) is 0 Å². The Balaban J connectivity index is 1.84. The van der Waals surface area contributed by atoms with Crippen molar-refractivity contribution in [3.05, 3.63) is 0 Å². The molecule has 3 nitrogen and oxygen atoms in total. The van der Waals surface area contributed by atoms with Gasteiger partial charge in [0.1, 0.15) is 0 Å².